The molecule has 0 saturated carbocycles. The third-order valence-corrected chi connectivity index (χ3v) is 8.66. The molecule has 0 saturated heterocycles. The van der Waals surface area contributed by atoms with E-state index < -0.39 is 25.5 Å². The fraction of sp³-hybridized carbons (Fsp3) is 0.344. The Kier molecular flexibility index (Phi) is 10.1. The molecule has 1 N–H and O–H groups in total. The molecule has 228 valence electrons. The van der Waals surface area contributed by atoms with Gasteiger partial charge in [-0.3, -0.25) is 18.9 Å². The summed E-state index contributed by atoms with van der Waals surface area (Å²) in [5.41, 5.74) is 3.83. The Morgan fingerprint density at radius 1 is 0.953 bits per heavy atom. The van der Waals surface area contributed by atoms with Crippen molar-refractivity contribution in [3.8, 4) is 5.75 Å². The van der Waals surface area contributed by atoms with Gasteiger partial charge in [0.25, 0.3) is 0 Å². The van der Waals surface area contributed by atoms with E-state index in [9.17, 15) is 18.9 Å². The first-order valence-corrected chi connectivity index (χ1v) is 15.7. The van der Waals surface area contributed by atoms with Crippen molar-refractivity contribution in [2.75, 3.05) is 13.5 Å². The lowest BCUT2D eigenvalue weighted by Gasteiger charge is -2.23. The van der Waals surface area contributed by atoms with Crippen molar-refractivity contribution in [2.45, 2.75) is 59.8 Å². The quantitative estimate of drug-likeness (QED) is 0.117. The average Bonchev–Trinajstić information content (AvgIpc) is 2.95. The monoisotopic (exact) mass is 609 g/mol. The van der Waals surface area contributed by atoms with Gasteiger partial charge in [0.15, 0.2) is 0 Å². The van der Waals surface area contributed by atoms with Crippen molar-refractivity contribution >= 4 is 41.4 Å². The molecule has 1 heterocycles. The number of hydrogen-bond donors (Lipinski definition) is 1. The summed E-state index contributed by atoms with van der Waals surface area (Å²) >= 11 is 0. The molecular weight excluding hydrogens is 573 g/mol. The average molecular weight is 610 g/mol. The summed E-state index contributed by atoms with van der Waals surface area (Å²) in [5, 5.41) is 3.60. The zero-order chi connectivity index (χ0) is 31.3. The van der Waals surface area contributed by atoms with E-state index in [1.165, 1.54) is 14.0 Å². The lowest BCUT2D eigenvalue weighted by Crippen LogP contribution is -2.36. The van der Waals surface area contributed by atoms with Crippen LogP contribution in [0.4, 0.5) is 0 Å². The maximum absolute atomic E-state index is 13.3. The first-order valence-electron chi connectivity index (χ1n) is 13.9. The van der Waals surface area contributed by atoms with Crippen molar-refractivity contribution in [2.24, 2.45) is 0 Å². The normalized spacial score (nSPS) is 13.6. The van der Waals surface area contributed by atoms with Crippen LogP contribution in [-0.4, -0.2) is 37.5 Å². The summed E-state index contributed by atoms with van der Waals surface area (Å²) in [5.74, 6) is -0.778. The highest BCUT2D eigenvalue weighted by Crippen LogP contribution is 2.43. The van der Waals surface area contributed by atoms with E-state index >= 15 is 0 Å². The fourth-order valence-electron chi connectivity index (χ4n) is 4.50. The molecule has 4 aromatic rings. The topological polar surface area (TPSA) is 130 Å². The highest BCUT2D eigenvalue weighted by Gasteiger charge is 2.31. The Hall–Kier alpha value is -3.98. The van der Waals surface area contributed by atoms with Crippen LogP contribution in [0.3, 0.4) is 0 Å². The van der Waals surface area contributed by atoms with Gasteiger partial charge in [0.1, 0.15) is 35.9 Å². The summed E-state index contributed by atoms with van der Waals surface area (Å²) in [6.45, 7) is 8.81. The number of benzene rings is 3. The largest absolute Gasteiger partial charge is 0.462 e. The minimum Gasteiger partial charge on any atom is -0.462 e. The SMILES string of the molecule is COCP(=O)(N[C@@H](C)C(=O)OC(C)C)Oc1ccc(COC(=O)Cc2cccc3c(=O)c4ccc(C)c(C)c4oc23)cc1. The third kappa shape index (κ3) is 7.70. The predicted octanol–water partition coefficient (Wildman–Crippen LogP) is 5.95. The lowest BCUT2D eigenvalue weighted by molar-refractivity contribution is -0.149. The molecule has 0 aliphatic carbocycles. The molecule has 0 spiro atoms. The molecular formula is C32H36NO9P. The lowest BCUT2D eigenvalue weighted by atomic mass is 10.0. The van der Waals surface area contributed by atoms with Crippen molar-refractivity contribution in [3.63, 3.8) is 0 Å². The molecule has 0 fully saturated rings. The van der Waals surface area contributed by atoms with E-state index in [1.54, 1.807) is 62.4 Å². The van der Waals surface area contributed by atoms with Crippen molar-refractivity contribution in [1.82, 2.24) is 5.09 Å². The Bertz CT molecular complexity index is 1740. The summed E-state index contributed by atoms with van der Waals surface area (Å²) in [6, 6.07) is 14.4. The van der Waals surface area contributed by atoms with E-state index in [0.717, 1.165) is 11.1 Å². The summed E-state index contributed by atoms with van der Waals surface area (Å²) in [4.78, 5) is 38.1. The van der Waals surface area contributed by atoms with E-state index in [2.05, 4.69) is 5.09 Å². The van der Waals surface area contributed by atoms with E-state index in [-0.39, 0.29) is 36.7 Å². The molecule has 0 radical (unpaired) electrons. The smallest absolute Gasteiger partial charge is 0.342 e. The summed E-state index contributed by atoms with van der Waals surface area (Å²) < 4.78 is 40.9. The molecule has 2 atom stereocenters. The number of hydrogen-bond acceptors (Lipinski definition) is 9. The molecule has 11 heteroatoms. The number of aryl methyl sites for hydroxylation is 2. The number of nitrogens with one attached hydrogen (secondary N) is 1. The Morgan fingerprint density at radius 3 is 2.33 bits per heavy atom. The van der Waals surface area contributed by atoms with Crippen LogP contribution in [0.15, 0.2) is 63.8 Å². The van der Waals surface area contributed by atoms with E-state index in [1.807, 2.05) is 19.9 Å². The van der Waals surface area contributed by atoms with Gasteiger partial charge in [-0.2, -0.15) is 0 Å². The van der Waals surface area contributed by atoms with Gasteiger partial charge in [-0.25, -0.2) is 5.09 Å². The van der Waals surface area contributed by atoms with Gasteiger partial charge >= 0.3 is 19.5 Å². The van der Waals surface area contributed by atoms with Crippen LogP contribution in [0.25, 0.3) is 21.9 Å². The number of ether oxygens (including phenoxy) is 3. The zero-order valence-electron chi connectivity index (χ0n) is 25.1. The van der Waals surface area contributed by atoms with Crippen LogP contribution in [0, 0.1) is 13.8 Å². The molecule has 0 aliphatic heterocycles. The fourth-order valence-corrected chi connectivity index (χ4v) is 6.18. The van der Waals surface area contributed by atoms with Gasteiger partial charge in [-0.15, -0.1) is 0 Å². The summed E-state index contributed by atoms with van der Waals surface area (Å²) in [6.07, 6.45) is -0.668. The van der Waals surface area contributed by atoms with Crippen LogP contribution in [-0.2, 0) is 41.4 Å². The highest BCUT2D eigenvalue weighted by atomic mass is 31.2. The van der Waals surface area contributed by atoms with Gasteiger partial charge in [0.05, 0.1) is 23.3 Å². The number of carbonyl (C=O) groups is 2. The van der Waals surface area contributed by atoms with Gasteiger partial charge in [0, 0.05) is 12.7 Å². The zero-order valence-corrected chi connectivity index (χ0v) is 26.0. The molecule has 1 unspecified atom stereocenters. The number of esters is 2. The van der Waals surface area contributed by atoms with Crippen LogP contribution >= 0.6 is 7.52 Å². The van der Waals surface area contributed by atoms with Gasteiger partial charge in [0.2, 0.25) is 5.43 Å². The Morgan fingerprint density at radius 2 is 1.65 bits per heavy atom. The Labute approximate surface area is 249 Å². The van der Waals surface area contributed by atoms with Gasteiger partial charge < -0.3 is 23.2 Å². The number of fused-ring (bicyclic) bond motifs is 2. The molecule has 10 nitrogen and oxygen atoms in total. The number of methoxy groups -OCH3 is 1. The predicted molar refractivity (Wildman–Crippen MR) is 163 cm³/mol. The second kappa shape index (κ2) is 13.5. The molecule has 0 amide bonds. The first-order chi connectivity index (χ1) is 20.4. The number of carbonyl (C=O) groups excluding carboxylic acids is 2. The first kappa shape index (κ1) is 31.9. The minimum atomic E-state index is -3.61. The standard InChI is InChI=1S/C32H36NO9P/c1-19(2)40-32(36)22(5)33-43(37,18-38-6)42-25-13-11-23(12-14-25)17-39-28(34)16-24-8-7-9-26-29(35)27-15-10-20(3)21(4)30(27)41-31(24)26/h7-15,19,22H,16-18H2,1-6H3,(H,33,37)/t22-,43?/m0/s1. The number of para-hydroxylation sites is 1. The maximum Gasteiger partial charge on any atom is 0.342 e. The van der Waals surface area contributed by atoms with Crippen LogP contribution in [0.2, 0.25) is 0 Å². The van der Waals surface area contributed by atoms with Crippen LogP contribution in [0.5, 0.6) is 5.75 Å². The Balaban J connectivity index is 1.42. The van der Waals surface area contributed by atoms with E-state index in [4.69, 9.17) is 23.2 Å². The molecule has 0 aliphatic rings. The van der Waals surface area contributed by atoms with Crippen LogP contribution in [0.1, 0.15) is 43.0 Å². The van der Waals surface area contributed by atoms with Crippen LogP contribution < -0.4 is 15.0 Å². The highest BCUT2D eigenvalue weighted by molar-refractivity contribution is 7.57. The maximum atomic E-state index is 13.3. The minimum absolute atomic E-state index is 0.0128. The second-order valence-electron chi connectivity index (χ2n) is 10.6. The van der Waals surface area contributed by atoms with E-state index in [0.29, 0.717) is 33.1 Å². The molecule has 4 rings (SSSR count). The van der Waals surface area contributed by atoms with Crippen molar-refractivity contribution < 1.29 is 37.3 Å². The van der Waals surface area contributed by atoms with Gasteiger partial charge in [-0.1, -0.05) is 30.3 Å². The molecule has 0 bridgehead atoms. The second-order valence-corrected chi connectivity index (χ2v) is 12.7. The molecule has 3 aromatic carbocycles. The third-order valence-electron chi connectivity index (χ3n) is 6.77. The van der Waals surface area contributed by atoms with Gasteiger partial charge in [-0.05, 0) is 75.6 Å². The molecule has 43 heavy (non-hydrogen) atoms. The van der Waals surface area contributed by atoms with Crippen molar-refractivity contribution in [3.05, 3.63) is 87.1 Å². The molecule has 1 aromatic heterocycles. The van der Waals surface area contributed by atoms with Crippen molar-refractivity contribution in [1.29, 1.82) is 0 Å². The summed E-state index contributed by atoms with van der Waals surface area (Å²) in [7, 11) is -2.24. The number of rotatable bonds is 12.